The number of nitrogens with zero attached hydrogens (tertiary/aromatic N) is 3. The van der Waals surface area contributed by atoms with Crippen molar-refractivity contribution in [2.75, 3.05) is 4.90 Å². The van der Waals surface area contributed by atoms with Crippen molar-refractivity contribution < 1.29 is 13.9 Å². The van der Waals surface area contributed by atoms with Gasteiger partial charge in [-0.2, -0.15) is 0 Å². The summed E-state index contributed by atoms with van der Waals surface area (Å²) < 4.78 is 23.6. The van der Waals surface area contributed by atoms with Gasteiger partial charge in [0.15, 0.2) is 28.6 Å². The Balaban J connectivity index is 0.986. The molecule has 0 unspecified atom stereocenters. The number of ether oxygens (including phenoxy) is 2. The highest BCUT2D eigenvalue weighted by Gasteiger charge is 2.39. The largest absolute Gasteiger partial charge is 0.451 e. The second-order valence-electron chi connectivity index (χ2n) is 16.0. The van der Waals surface area contributed by atoms with Crippen LogP contribution in [-0.2, 0) is 0 Å². The summed E-state index contributed by atoms with van der Waals surface area (Å²) in [4.78, 5) is 12.8. The van der Waals surface area contributed by atoms with Crippen molar-refractivity contribution in [3.63, 3.8) is 0 Å². The van der Waals surface area contributed by atoms with Crippen molar-refractivity contribution >= 4 is 125 Å². The van der Waals surface area contributed by atoms with E-state index in [1.807, 2.05) is 6.07 Å². The lowest BCUT2D eigenvalue weighted by Gasteiger charge is -2.38. The zero-order valence-corrected chi connectivity index (χ0v) is 34.1. The van der Waals surface area contributed by atoms with Gasteiger partial charge >= 0.3 is 0 Å². The third kappa shape index (κ3) is 4.36. The standard InChI is InChI=1S/C54H27N3O3S2/c1-4-11-31-28(8-1)16-19-35-34(31)20-21-36-37-22-26-43-50(49(37)59-46(35)36)58-44-27-23-39(54-56-41-25-18-30-10-3-6-13-33(30)52(41)62-54)48-45(44)57(43)42-15-7-14-38(47(42)60-48)53-55-40-24-17-29-9-2-5-12-32(29)51(40)61-53/h1-27H. The molecule has 0 spiro atoms. The highest BCUT2D eigenvalue weighted by Crippen LogP contribution is 2.65. The van der Waals surface area contributed by atoms with Crippen LogP contribution in [0.25, 0.3) is 107 Å². The predicted molar refractivity (Wildman–Crippen MR) is 256 cm³/mol. The van der Waals surface area contributed by atoms with Crippen LogP contribution in [0.5, 0.6) is 23.0 Å². The average molecular weight is 830 g/mol. The molecule has 10 aromatic carbocycles. The summed E-state index contributed by atoms with van der Waals surface area (Å²) in [6.07, 6.45) is 0. The molecule has 0 fully saturated rings. The predicted octanol–water partition coefficient (Wildman–Crippen LogP) is 16.4. The third-order valence-corrected chi connectivity index (χ3v) is 15.0. The smallest absolute Gasteiger partial charge is 0.194 e. The molecule has 0 saturated heterocycles. The number of furan rings is 1. The van der Waals surface area contributed by atoms with E-state index < -0.39 is 0 Å². The van der Waals surface area contributed by atoms with E-state index in [9.17, 15) is 0 Å². The quantitative estimate of drug-likeness (QED) is 0.162. The Hall–Kier alpha value is -7.78. The number of hydrogen-bond acceptors (Lipinski definition) is 8. The zero-order valence-electron chi connectivity index (χ0n) is 32.5. The van der Waals surface area contributed by atoms with Gasteiger partial charge in [-0.3, -0.25) is 4.90 Å². The van der Waals surface area contributed by atoms with Crippen LogP contribution in [0.1, 0.15) is 0 Å². The summed E-state index contributed by atoms with van der Waals surface area (Å²) in [5.74, 6) is 2.75. The molecule has 2 aliphatic rings. The molecule has 62 heavy (non-hydrogen) atoms. The second-order valence-corrected chi connectivity index (χ2v) is 18.0. The van der Waals surface area contributed by atoms with Crippen LogP contribution in [0, 0.1) is 0 Å². The number of benzene rings is 10. The molecule has 5 heterocycles. The van der Waals surface area contributed by atoms with E-state index in [2.05, 4.69) is 163 Å². The molecule has 0 N–H and O–H groups in total. The van der Waals surface area contributed by atoms with Crippen molar-refractivity contribution in [1.29, 1.82) is 0 Å². The van der Waals surface area contributed by atoms with Crippen molar-refractivity contribution in [3.8, 4) is 44.1 Å². The number of anilines is 3. The van der Waals surface area contributed by atoms with E-state index in [4.69, 9.17) is 23.9 Å². The van der Waals surface area contributed by atoms with Crippen LogP contribution in [0.2, 0.25) is 0 Å². The molecule has 0 bridgehead atoms. The molecule has 0 amide bonds. The van der Waals surface area contributed by atoms with Crippen LogP contribution in [0.4, 0.5) is 17.1 Å². The van der Waals surface area contributed by atoms with E-state index in [1.165, 1.54) is 32.3 Å². The second kappa shape index (κ2) is 11.9. The maximum atomic E-state index is 7.28. The van der Waals surface area contributed by atoms with Gasteiger partial charge in [-0.15, -0.1) is 22.7 Å². The van der Waals surface area contributed by atoms with E-state index in [1.54, 1.807) is 22.7 Å². The van der Waals surface area contributed by atoms with Crippen molar-refractivity contribution in [1.82, 2.24) is 9.97 Å². The first-order chi connectivity index (χ1) is 30.7. The Kier molecular flexibility index (Phi) is 6.36. The van der Waals surface area contributed by atoms with Gasteiger partial charge in [-0.25, -0.2) is 9.97 Å². The van der Waals surface area contributed by atoms with Crippen molar-refractivity contribution in [2.24, 2.45) is 0 Å². The maximum absolute atomic E-state index is 7.28. The molecule has 0 radical (unpaired) electrons. The third-order valence-electron chi connectivity index (χ3n) is 12.7. The molecule has 288 valence electrons. The van der Waals surface area contributed by atoms with Gasteiger partial charge in [0.2, 0.25) is 0 Å². The van der Waals surface area contributed by atoms with Crippen molar-refractivity contribution in [2.45, 2.75) is 0 Å². The Bertz CT molecular complexity index is 4140. The minimum absolute atomic E-state index is 0.662. The molecule has 6 nitrogen and oxygen atoms in total. The topological polar surface area (TPSA) is 60.6 Å². The molecule has 3 aromatic heterocycles. The first-order valence-electron chi connectivity index (χ1n) is 20.5. The lowest BCUT2D eigenvalue weighted by atomic mass is 9.99. The normalized spacial score (nSPS) is 13.1. The number of para-hydroxylation sites is 1. The molecular weight excluding hydrogens is 803 g/mol. The van der Waals surface area contributed by atoms with Crippen LogP contribution in [0.3, 0.4) is 0 Å². The fourth-order valence-corrected chi connectivity index (χ4v) is 12.1. The van der Waals surface area contributed by atoms with Crippen LogP contribution >= 0.6 is 22.7 Å². The van der Waals surface area contributed by atoms with Crippen LogP contribution < -0.4 is 14.4 Å². The van der Waals surface area contributed by atoms with Crippen LogP contribution in [0.15, 0.2) is 168 Å². The summed E-state index contributed by atoms with van der Waals surface area (Å²) in [5, 5.41) is 13.2. The molecule has 0 aliphatic carbocycles. The Morgan fingerprint density at radius 3 is 1.69 bits per heavy atom. The Morgan fingerprint density at radius 1 is 0.387 bits per heavy atom. The first kappa shape index (κ1) is 33.0. The van der Waals surface area contributed by atoms with Gasteiger partial charge in [-0.05, 0) is 87.6 Å². The summed E-state index contributed by atoms with van der Waals surface area (Å²) in [5.41, 5.74) is 7.87. The summed E-state index contributed by atoms with van der Waals surface area (Å²) in [7, 11) is 0. The molecule has 8 heteroatoms. The average Bonchev–Trinajstić information content (AvgIpc) is 4.07. The lowest BCUT2D eigenvalue weighted by Crippen LogP contribution is -2.21. The molecule has 0 atom stereocenters. The van der Waals surface area contributed by atoms with Gasteiger partial charge in [-0.1, -0.05) is 103 Å². The summed E-state index contributed by atoms with van der Waals surface area (Å²) in [6, 6.07) is 57.6. The minimum Gasteiger partial charge on any atom is -0.451 e. The highest BCUT2D eigenvalue weighted by atomic mass is 32.1. The molecule has 15 rings (SSSR count). The van der Waals surface area contributed by atoms with Gasteiger partial charge in [0.25, 0.3) is 0 Å². The number of rotatable bonds is 2. The van der Waals surface area contributed by atoms with Crippen molar-refractivity contribution in [3.05, 3.63) is 164 Å². The van der Waals surface area contributed by atoms with Gasteiger partial charge in [0, 0.05) is 26.9 Å². The first-order valence-corrected chi connectivity index (χ1v) is 22.2. The fourth-order valence-electron chi connectivity index (χ4n) is 9.85. The Labute approximate surface area is 360 Å². The maximum Gasteiger partial charge on any atom is 0.194 e. The highest BCUT2D eigenvalue weighted by molar-refractivity contribution is 7.23. The zero-order chi connectivity index (χ0) is 40.2. The monoisotopic (exact) mass is 829 g/mol. The molecule has 0 saturated carbocycles. The van der Waals surface area contributed by atoms with Gasteiger partial charge in [0.1, 0.15) is 21.3 Å². The molecule has 2 aliphatic heterocycles. The van der Waals surface area contributed by atoms with E-state index in [-0.39, 0.29) is 0 Å². The number of hydrogen-bond donors (Lipinski definition) is 0. The molecular formula is C54H27N3O3S2. The molecule has 13 aromatic rings. The number of thiazole rings is 2. The summed E-state index contributed by atoms with van der Waals surface area (Å²) >= 11 is 3.38. The van der Waals surface area contributed by atoms with E-state index >= 15 is 0 Å². The van der Waals surface area contributed by atoms with Gasteiger partial charge < -0.3 is 13.9 Å². The van der Waals surface area contributed by atoms with E-state index in [0.29, 0.717) is 22.8 Å². The van der Waals surface area contributed by atoms with Gasteiger partial charge in [0.05, 0.1) is 42.9 Å². The number of fused-ring (bicyclic) bond motifs is 18. The van der Waals surface area contributed by atoms with Crippen LogP contribution in [-0.4, -0.2) is 9.97 Å². The Morgan fingerprint density at radius 2 is 0.952 bits per heavy atom. The lowest BCUT2D eigenvalue weighted by molar-refractivity contribution is 0.445. The van der Waals surface area contributed by atoms with E-state index in [0.717, 1.165) is 91.5 Å². The summed E-state index contributed by atoms with van der Waals surface area (Å²) in [6.45, 7) is 0. The fraction of sp³-hybridized carbons (Fsp3) is 0. The minimum atomic E-state index is 0.662. The SMILES string of the molecule is c1cc(-c2nc3ccc4ccccc4c3s2)c2c(c1)N1c3ccc4c(oc5c4ccc4c6ccccc6ccc45)c3Oc3ccc(-c4nc5ccc6ccccc6c5s4)c(c31)O2. The number of aromatic nitrogens is 2.